The molecule has 1 aromatic rings. The van der Waals surface area contributed by atoms with E-state index in [2.05, 4.69) is 0 Å². The van der Waals surface area contributed by atoms with Crippen LogP contribution in [0, 0.1) is 11.3 Å². The zero-order valence-corrected chi connectivity index (χ0v) is 8.55. The molecule has 0 spiro atoms. The average molecular weight is 203 g/mol. The molecule has 1 N–H and O–H groups in total. The Labute approximate surface area is 89.2 Å². The van der Waals surface area contributed by atoms with Crippen LogP contribution in [0.25, 0.3) is 6.08 Å². The number of rotatable bonds is 4. The van der Waals surface area contributed by atoms with Crippen molar-refractivity contribution in [2.24, 2.45) is 0 Å². The minimum Gasteiger partial charge on any atom is -0.364 e. The van der Waals surface area contributed by atoms with Crippen molar-refractivity contribution in [2.75, 3.05) is 6.61 Å². The number of benzene rings is 1. The van der Waals surface area contributed by atoms with Gasteiger partial charge in [0.05, 0.1) is 5.57 Å². The van der Waals surface area contributed by atoms with Gasteiger partial charge >= 0.3 is 0 Å². The zero-order chi connectivity index (χ0) is 11.1. The molecule has 1 rings (SSSR count). The Kier molecular flexibility index (Phi) is 4.55. The summed E-state index contributed by atoms with van der Waals surface area (Å²) < 4.78 is 4.93. The first kappa shape index (κ1) is 11.4. The standard InChI is InChI=1S/C12H13NO2/c1-2-15-12(14)11(9-13)8-10-6-4-3-5-7-10/h3-8,12,14H,2H2,1H3/b11-8+. The molecule has 0 aliphatic heterocycles. The zero-order valence-electron chi connectivity index (χ0n) is 8.55. The van der Waals surface area contributed by atoms with Crippen LogP contribution < -0.4 is 0 Å². The number of nitrogens with zero attached hydrogens (tertiary/aromatic N) is 1. The topological polar surface area (TPSA) is 53.2 Å². The van der Waals surface area contributed by atoms with Crippen molar-refractivity contribution in [2.45, 2.75) is 13.2 Å². The van der Waals surface area contributed by atoms with Crippen molar-refractivity contribution in [3.8, 4) is 6.07 Å². The number of aliphatic hydroxyl groups excluding tert-OH is 1. The summed E-state index contributed by atoms with van der Waals surface area (Å²) in [6.45, 7) is 2.13. The maximum Gasteiger partial charge on any atom is 0.191 e. The summed E-state index contributed by atoms with van der Waals surface area (Å²) in [5.41, 5.74) is 1.08. The van der Waals surface area contributed by atoms with Gasteiger partial charge in [-0.2, -0.15) is 5.26 Å². The SMILES string of the molecule is CCOC(O)/C(C#N)=C/c1ccccc1. The molecule has 0 fully saturated rings. The highest BCUT2D eigenvalue weighted by Crippen LogP contribution is 2.10. The first-order chi connectivity index (χ1) is 7.27. The molecular weight excluding hydrogens is 190 g/mol. The van der Waals surface area contributed by atoms with Gasteiger partial charge in [0.15, 0.2) is 6.29 Å². The number of hydrogen-bond donors (Lipinski definition) is 1. The number of aliphatic hydroxyl groups is 1. The summed E-state index contributed by atoms with van der Waals surface area (Å²) in [4.78, 5) is 0. The summed E-state index contributed by atoms with van der Waals surface area (Å²) in [6.07, 6.45) is 0.473. The first-order valence-corrected chi connectivity index (χ1v) is 4.74. The predicted molar refractivity (Wildman–Crippen MR) is 57.7 cm³/mol. The van der Waals surface area contributed by atoms with E-state index in [1.807, 2.05) is 36.4 Å². The maximum absolute atomic E-state index is 9.46. The van der Waals surface area contributed by atoms with E-state index in [0.717, 1.165) is 5.56 Å². The Morgan fingerprint density at radius 2 is 2.20 bits per heavy atom. The highest BCUT2D eigenvalue weighted by molar-refractivity contribution is 5.57. The van der Waals surface area contributed by atoms with Crippen molar-refractivity contribution in [1.29, 1.82) is 5.26 Å². The smallest absolute Gasteiger partial charge is 0.191 e. The van der Waals surface area contributed by atoms with E-state index in [-0.39, 0.29) is 5.57 Å². The lowest BCUT2D eigenvalue weighted by Gasteiger charge is -2.08. The van der Waals surface area contributed by atoms with Gasteiger partial charge in [0.2, 0.25) is 0 Å². The van der Waals surface area contributed by atoms with Gasteiger partial charge in [0.25, 0.3) is 0 Å². The van der Waals surface area contributed by atoms with E-state index in [9.17, 15) is 5.11 Å². The van der Waals surface area contributed by atoms with E-state index in [1.54, 1.807) is 13.0 Å². The van der Waals surface area contributed by atoms with Crippen LogP contribution in [-0.2, 0) is 4.74 Å². The highest BCUT2D eigenvalue weighted by Gasteiger charge is 2.09. The Hall–Kier alpha value is -1.63. The molecule has 3 nitrogen and oxygen atoms in total. The second-order valence-corrected chi connectivity index (χ2v) is 2.93. The molecule has 0 saturated carbocycles. The van der Waals surface area contributed by atoms with Crippen molar-refractivity contribution in [3.05, 3.63) is 41.5 Å². The third-order valence-corrected chi connectivity index (χ3v) is 1.84. The molecule has 0 radical (unpaired) electrons. The van der Waals surface area contributed by atoms with Crippen molar-refractivity contribution in [3.63, 3.8) is 0 Å². The van der Waals surface area contributed by atoms with E-state index in [0.29, 0.717) is 6.61 Å². The Balaban J connectivity index is 2.84. The molecule has 1 atom stereocenters. The second-order valence-electron chi connectivity index (χ2n) is 2.93. The molecule has 0 aliphatic rings. The Bertz CT molecular complexity index is 365. The third-order valence-electron chi connectivity index (χ3n) is 1.84. The normalized spacial score (nSPS) is 13.3. The van der Waals surface area contributed by atoms with Gasteiger partial charge in [-0.05, 0) is 18.6 Å². The lowest BCUT2D eigenvalue weighted by Crippen LogP contribution is -2.13. The maximum atomic E-state index is 9.46. The van der Waals surface area contributed by atoms with Gasteiger partial charge in [-0.3, -0.25) is 0 Å². The number of ether oxygens (including phenoxy) is 1. The fraction of sp³-hybridized carbons (Fsp3) is 0.250. The summed E-state index contributed by atoms with van der Waals surface area (Å²) in [7, 11) is 0. The Morgan fingerprint density at radius 1 is 1.53 bits per heavy atom. The fourth-order valence-electron chi connectivity index (χ4n) is 1.14. The van der Waals surface area contributed by atoms with Gasteiger partial charge in [-0.1, -0.05) is 30.3 Å². The Morgan fingerprint density at radius 3 is 2.73 bits per heavy atom. The molecular formula is C12H13NO2. The fourth-order valence-corrected chi connectivity index (χ4v) is 1.14. The van der Waals surface area contributed by atoms with Crippen LogP contribution in [0.2, 0.25) is 0 Å². The van der Waals surface area contributed by atoms with E-state index < -0.39 is 6.29 Å². The van der Waals surface area contributed by atoms with Crippen LogP contribution >= 0.6 is 0 Å². The van der Waals surface area contributed by atoms with Gasteiger partial charge in [0, 0.05) is 6.61 Å². The van der Waals surface area contributed by atoms with Gasteiger partial charge in [-0.25, -0.2) is 0 Å². The van der Waals surface area contributed by atoms with Crippen LogP contribution in [0.4, 0.5) is 0 Å². The summed E-state index contributed by atoms with van der Waals surface area (Å²) >= 11 is 0. The molecule has 0 amide bonds. The molecule has 0 aliphatic carbocycles. The molecule has 0 aromatic heterocycles. The van der Waals surface area contributed by atoms with Crippen molar-refractivity contribution in [1.82, 2.24) is 0 Å². The van der Waals surface area contributed by atoms with Gasteiger partial charge in [0.1, 0.15) is 6.07 Å². The number of hydrogen-bond acceptors (Lipinski definition) is 3. The molecule has 0 bridgehead atoms. The third kappa shape index (κ3) is 3.55. The minimum absolute atomic E-state index is 0.211. The highest BCUT2D eigenvalue weighted by atomic mass is 16.6. The van der Waals surface area contributed by atoms with E-state index in [1.165, 1.54) is 0 Å². The number of nitriles is 1. The van der Waals surface area contributed by atoms with Crippen LogP contribution in [-0.4, -0.2) is 18.0 Å². The summed E-state index contributed by atoms with van der Waals surface area (Å²) in [6, 6.07) is 11.3. The monoisotopic (exact) mass is 203 g/mol. The van der Waals surface area contributed by atoms with Crippen LogP contribution in [0.15, 0.2) is 35.9 Å². The van der Waals surface area contributed by atoms with Crippen LogP contribution in [0.5, 0.6) is 0 Å². The summed E-state index contributed by atoms with van der Waals surface area (Å²) in [5, 5.41) is 18.3. The van der Waals surface area contributed by atoms with Gasteiger partial charge in [-0.15, -0.1) is 0 Å². The molecule has 78 valence electrons. The first-order valence-electron chi connectivity index (χ1n) is 4.74. The molecule has 15 heavy (non-hydrogen) atoms. The quantitative estimate of drug-likeness (QED) is 0.601. The molecule has 0 heterocycles. The molecule has 1 aromatic carbocycles. The molecule has 1 unspecified atom stereocenters. The van der Waals surface area contributed by atoms with Crippen LogP contribution in [0.3, 0.4) is 0 Å². The minimum atomic E-state index is -1.14. The molecule has 0 saturated heterocycles. The average Bonchev–Trinajstić information content (AvgIpc) is 2.27. The van der Waals surface area contributed by atoms with E-state index >= 15 is 0 Å². The largest absolute Gasteiger partial charge is 0.364 e. The lowest BCUT2D eigenvalue weighted by atomic mass is 10.1. The van der Waals surface area contributed by atoms with Crippen LogP contribution in [0.1, 0.15) is 12.5 Å². The van der Waals surface area contributed by atoms with Gasteiger partial charge < -0.3 is 9.84 Å². The van der Waals surface area contributed by atoms with Crippen molar-refractivity contribution >= 4 is 6.08 Å². The lowest BCUT2D eigenvalue weighted by molar-refractivity contribution is -0.0634. The molecule has 3 heteroatoms. The predicted octanol–water partition coefficient (Wildman–Crippen LogP) is 1.95. The van der Waals surface area contributed by atoms with Crippen molar-refractivity contribution < 1.29 is 9.84 Å². The summed E-state index contributed by atoms with van der Waals surface area (Å²) in [5.74, 6) is 0. The second kappa shape index (κ2) is 5.97. The van der Waals surface area contributed by atoms with E-state index in [4.69, 9.17) is 10.00 Å².